The van der Waals surface area contributed by atoms with Gasteiger partial charge >= 0.3 is 0 Å². The summed E-state index contributed by atoms with van der Waals surface area (Å²) in [6.45, 7) is 5.59. The van der Waals surface area contributed by atoms with Crippen molar-refractivity contribution in [3.63, 3.8) is 0 Å². The molecule has 30 heavy (non-hydrogen) atoms. The molecule has 3 heterocycles. The highest BCUT2D eigenvalue weighted by Gasteiger charge is 2.47. The highest BCUT2D eigenvalue weighted by Crippen LogP contribution is 2.40. The number of nitrogens with zero attached hydrogens (tertiary/aromatic N) is 2. The minimum atomic E-state index is -0.782. The summed E-state index contributed by atoms with van der Waals surface area (Å²) in [5.41, 5.74) is 0.442. The molecule has 1 N–H and O–H groups in total. The number of ketones is 1. The van der Waals surface area contributed by atoms with E-state index >= 15 is 0 Å². The van der Waals surface area contributed by atoms with Gasteiger partial charge in [-0.15, -0.1) is 0 Å². The van der Waals surface area contributed by atoms with E-state index in [2.05, 4.69) is 4.90 Å². The first-order valence-electron chi connectivity index (χ1n) is 9.86. The van der Waals surface area contributed by atoms with Gasteiger partial charge in [0.25, 0.3) is 11.7 Å². The number of morpholine rings is 1. The summed E-state index contributed by atoms with van der Waals surface area (Å²) in [7, 11) is 0. The summed E-state index contributed by atoms with van der Waals surface area (Å²) < 4.78 is 11.1. The van der Waals surface area contributed by atoms with Gasteiger partial charge < -0.3 is 19.2 Å². The summed E-state index contributed by atoms with van der Waals surface area (Å²) in [4.78, 5) is 29.5. The Labute approximate surface area is 179 Å². The molecule has 8 heteroatoms. The van der Waals surface area contributed by atoms with Gasteiger partial charge in [0.05, 0.1) is 18.8 Å². The quantitative estimate of drug-likeness (QED) is 0.446. The molecule has 1 atom stereocenters. The number of hydrogen-bond acceptors (Lipinski definition) is 6. The standard InChI is InChI=1S/C22H23ClN2O5/c1-14-2-7-17(30-14)19-18(20(26)15-3-5-16(23)6-4-15)21(27)22(28)25(19)9-8-24-10-12-29-13-11-24/h2-7,19,26H,8-13H2,1H3/t19-/m1/s1. The number of amides is 1. The summed E-state index contributed by atoms with van der Waals surface area (Å²) in [5, 5.41) is 11.5. The molecule has 0 bridgehead atoms. The Kier molecular flexibility index (Phi) is 5.94. The predicted molar refractivity (Wildman–Crippen MR) is 111 cm³/mol. The number of aliphatic hydroxyl groups excluding tert-OH is 1. The number of ether oxygens (including phenoxy) is 1. The monoisotopic (exact) mass is 430 g/mol. The second-order valence-corrected chi connectivity index (χ2v) is 7.84. The molecule has 2 aliphatic rings. The number of Topliss-reactive ketones (excluding diaryl/α,β-unsaturated/α-hetero) is 1. The first-order chi connectivity index (χ1) is 14.5. The van der Waals surface area contributed by atoms with Gasteiger partial charge in [-0.1, -0.05) is 11.6 Å². The van der Waals surface area contributed by atoms with Crippen LogP contribution in [0.3, 0.4) is 0 Å². The average molecular weight is 431 g/mol. The van der Waals surface area contributed by atoms with Gasteiger partial charge in [0, 0.05) is 36.8 Å². The van der Waals surface area contributed by atoms with E-state index in [9.17, 15) is 14.7 Å². The number of halogens is 1. The Hall–Kier alpha value is -2.61. The van der Waals surface area contributed by atoms with Crippen molar-refractivity contribution >= 4 is 29.1 Å². The van der Waals surface area contributed by atoms with Crippen molar-refractivity contribution in [2.45, 2.75) is 13.0 Å². The molecule has 4 rings (SSSR count). The molecule has 0 saturated carbocycles. The summed E-state index contributed by atoms with van der Waals surface area (Å²) in [6.07, 6.45) is 0. The summed E-state index contributed by atoms with van der Waals surface area (Å²) >= 11 is 5.94. The second-order valence-electron chi connectivity index (χ2n) is 7.40. The van der Waals surface area contributed by atoms with Crippen molar-refractivity contribution < 1.29 is 23.8 Å². The van der Waals surface area contributed by atoms with Gasteiger partial charge in [0.2, 0.25) is 0 Å². The summed E-state index contributed by atoms with van der Waals surface area (Å²) in [5.74, 6) is -0.487. The van der Waals surface area contributed by atoms with Gasteiger partial charge in [0.15, 0.2) is 0 Å². The molecule has 0 spiro atoms. The Morgan fingerprint density at radius 2 is 1.80 bits per heavy atom. The lowest BCUT2D eigenvalue weighted by Crippen LogP contribution is -2.42. The van der Waals surface area contributed by atoms with Gasteiger partial charge in [-0.2, -0.15) is 0 Å². The predicted octanol–water partition coefficient (Wildman–Crippen LogP) is 3.00. The topological polar surface area (TPSA) is 83.2 Å². The first-order valence-corrected chi connectivity index (χ1v) is 10.2. The lowest BCUT2D eigenvalue weighted by Gasteiger charge is -2.30. The number of likely N-dealkylation sites (tertiary alicyclic amines) is 1. The fourth-order valence-electron chi connectivity index (χ4n) is 3.84. The van der Waals surface area contributed by atoms with Crippen molar-refractivity contribution in [3.8, 4) is 0 Å². The molecule has 0 radical (unpaired) electrons. The molecule has 1 aromatic heterocycles. The Morgan fingerprint density at radius 1 is 1.10 bits per heavy atom. The lowest BCUT2D eigenvalue weighted by molar-refractivity contribution is -0.140. The zero-order valence-electron chi connectivity index (χ0n) is 16.6. The van der Waals surface area contributed by atoms with Crippen molar-refractivity contribution in [1.29, 1.82) is 0 Å². The average Bonchev–Trinajstić information content (AvgIpc) is 3.28. The maximum absolute atomic E-state index is 12.9. The lowest BCUT2D eigenvalue weighted by atomic mass is 9.99. The highest BCUT2D eigenvalue weighted by molar-refractivity contribution is 6.46. The van der Waals surface area contributed by atoms with Crippen LogP contribution < -0.4 is 0 Å². The zero-order chi connectivity index (χ0) is 21.3. The molecular formula is C22H23ClN2O5. The maximum atomic E-state index is 12.9. The van der Waals surface area contributed by atoms with Crippen LogP contribution in [0.1, 0.15) is 23.1 Å². The minimum Gasteiger partial charge on any atom is -0.507 e. The van der Waals surface area contributed by atoms with Gasteiger partial charge in [-0.3, -0.25) is 14.5 Å². The molecule has 158 valence electrons. The van der Waals surface area contributed by atoms with Crippen LogP contribution in [0.2, 0.25) is 5.02 Å². The van der Waals surface area contributed by atoms with E-state index in [1.165, 1.54) is 4.90 Å². The van der Waals surface area contributed by atoms with E-state index in [1.807, 2.05) is 0 Å². The van der Waals surface area contributed by atoms with Crippen LogP contribution in [0.4, 0.5) is 0 Å². The van der Waals surface area contributed by atoms with E-state index in [-0.39, 0.29) is 11.3 Å². The molecule has 7 nitrogen and oxygen atoms in total. The molecule has 2 aromatic rings. The SMILES string of the molecule is Cc1ccc([C@@H]2C(=C(O)c3ccc(Cl)cc3)C(=O)C(=O)N2CCN2CCOCC2)o1. The van der Waals surface area contributed by atoms with Gasteiger partial charge in [-0.05, 0) is 43.3 Å². The van der Waals surface area contributed by atoms with Gasteiger partial charge in [0.1, 0.15) is 23.3 Å². The van der Waals surface area contributed by atoms with E-state index in [1.54, 1.807) is 43.3 Å². The van der Waals surface area contributed by atoms with Crippen LogP contribution in [-0.4, -0.2) is 66.0 Å². The number of rotatable bonds is 5. The van der Waals surface area contributed by atoms with Gasteiger partial charge in [-0.25, -0.2) is 0 Å². The number of aryl methyl sites for hydroxylation is 1. The van der Waals surface area contributed by atoms with Crippen LogP contribution in [0.5, 0.6) is 0 Å². The minimum absolute atomic E-state index is 0.0265. The van der Waals surface area contributed by atoms with Crippen LogP contribution in [0, 0.1) is 6.92 Å². The third-order valence-electron chi connectivity index (χ3n) is 5.45. The molecular weight excluding hydrogens is 408 g/mol. The smallest absolute Gasteiger partial charge is 0.295 e. The number of furan rings is 1. The number of carbonyl (C=O) groups excluding carboxylic acids is 2. The third-order valence-corrected chi connectivity index (χ3v) is 5.70. The molecule has 0 aliphatic carbocycles. The molecule has 0 unspecified atom stereocenters. The van der Waals surface area contributed by atoms with Crippen LogP contribution in [0.25, 0.3) is 5.76 Å². The van der Waals surface area contributed by atoms with Crippen molar-refractivity contribution in [3.05, 3.63) is 64.1 Å². The van der Waals surface area contributed by atoms with Crippen molar-refractivity contribution in [2.75, 3.05) is 39.4 Å². The fourth-order valence-corrected chi connectivity index (χ4v) is 3.97. The van der Waals surface area contributed by atoms with E-state index < -0.39 is 17.7 Å². The number of hydrogen-bond donors (Lipinski definition) is 1. The van der Waals surface area contributed by atoms with E-state index in [4.69, 9.17) is 20.8 Å². The molecule has 2 fully saturated rings. The zero-order valence-corrected chi connectivity index (χ0v) is 17.4. The second kappa shape index (κ2) is 8.63. The Morgan fingerprint density at radius 3 is 2.43 bits per heavy atom. The molecule has 1 amide bonds. The molecule has 2 saturated heterocycles. The molecule has 1 aromatic carbocycles. The first kappa shape index (κ1) is 20.7. The van der Waals surface area contributed by atoms with Crippen molar-refractivity contribution in [1.82, 2.24) is 9.80 Å². The van der Waals surface area contributed by atoms with Crippen LogP contribution in [0.15, 0.2) is 46.4 Å². The molecule has 2 aliphatic heterocycles. The Bertz CT molecular complexity index is 976. The number of benzene rings is 1. The third kappa shape index (κ3) is 4.01. The Balaban J connectivity index is 1.70. The normalized spacial score (nSPS) is 22.1. The fraction of sp³-hybridized carbons (Fsp3) is 0.364. The largest absolute Gasteiger partial charge is 0.507 e. The van der Waals surface area contributed by atoms with E-state index in [0.717, 1.165) is 13.1 Å². The number of carbonyl (C=O) groups is 2. The highest BCUT2D eigenvalue weighted by atomic mass is 35.5. The van der Waals surface area contributed by atoms with Crippen molar-refractivity contribution in [2.24, 2.45) is 0 Å². The summed E-state index contributed by atoms with van der Waals surface area (Å²) in [6, 6.07) is 9.21. The van der Waals surface area contributed by atoms with Crippen LogP contribution in [-0.2, 0) is 14.3 Å². The van der Waals surface area contributed by atoms with E-state index in [0.29, 0.717) is 48.4 Å². The van der Waals surface area contributed by atoms with Crippen LogP contribution >= 0.6 is 11.6 Å². The number of aliphatic hydroxyl groups is 1. The maximum Gasteiger partial charge on any atom is 0.295 e.